The summed E-state index contributed by atoms with van der Waals surface area (Å²) in [6.07, 6.45) is 1.53. The SMILES string of the molecule is Fc1ccccc1Cn1cnc(NC(=S)Nc2ccccc2)n1. The van der Waals surface area contributed by atoms with Gasteiger partial charge in [-0.1, -0.05) is 36.4 Å². The van der Waals surface area contributed by atoms with Crippen molar-refractivity contribution in [1.82, 2.24) is 14.8 Å². The summed E-state index contributed by atoms with van der Waals surface area (Å²) in [5.41, 5.74) is 1.42. The van der Waals surface area contributed by atoms with E-state index >= 15 is 0 Å². The highest BCUT2D eigenvalue weighted by molar-refractivity contribution is 7.80. The Hall–Kier alpha value is -2.80. The van der Waals surface area contributed by atoms with Crippen molar-refractivity contribution >= 4 is 29.0 Å². The fourth-order valence-corrected chi connectivity index (χ4v) is 2.22. The van der Waals surface area contributed by atoms with Gasteiger partial charge in [0.15, 0.2) is 5.11 Å². The lowest BCUT2D eigenvalue weighted by Crippen LogP contribution is -2.20. The van der Waals surface area contributed by atoms with Crippen LogP contribution in [0.15, 0.2) is 60.9 Å². The van der Waals surface area contributed by atoms with Crippen LogP contribution in [0.5, 0.6) is 0 Å². The Balaban J connectivity index is 1.61. The maximum Gasteiger partial charge on any atom is 0.248 e. The van der Waals surface area contributed by atoms with E-state index in [1.165, 1.54) is 12.4 Å². The Kier molecular flexibility index (Phi) is 4.58. The van der Waals surface area contributed by atoms with Gasteiger partial charge in [-0.25, -0.2) is 14.1 Å². The van der Waals surface area contributed by atoms with Gasteiger partial charge in [0, 0.05) is 11.3 Å². The number of hydrogen-bond donors (Lipinski definition) is 2. The molecule has 1 heterocycles. The van der Waals surface area contributed by atoms with E-state index in [2.05, 4.69) is 20.7 Å². The van der Waals surface area contributed by atoms with Gasteiger partial charge < -0.3 is 5.32 Å². The summed E-state index contributed by atoms with van der Waals surface area (Å²) in [6, 6.07) is 16.1. The summed E-state index contributed by atoms with van der Waals surface area (Å²) < 4.78 is 15.2. The predicted molar refractivity (Wildman–Crippen MR) is 91.8 cm³/mol. The number of thiocarbonyl (C=S) groups is 1. The molecule has 5 nitrogen and oxygen atoms in total. The van der Waals surface area contributed by atoms with E-state index in [9.17, 15) is 4.39 Å². The summed E-state index contributed by atoms with van der Waals surface area (Å²) in [5.74, 6) is 0.0912. The third-order valence-corrected chi connectivity index (χ3v) is 3.29. The molecule has 0 bridgehead atoms. The third kappa shape index (κ3) is 4.10. The first-order valence-corrected chi connectivity index (χ1v) is 7.37. The van der Waals surface area contributed by atoms with Gasteiger partial charge in [0.05, 0.1) is 6.54 Å². The number of halogens is 1. The molecule has 3 rings (SSSR count). The largest absolute Gasteiger partial charge is 0.332 e. The fourth-order valence-electron chi connectivity index (χ4n) is 2.01. The van der Waals surface area contributed by atoms with Crippen LogP contribution in [0.2, 0.25) is 0 Å². The van der Waals surface area contributed by atoms with Crippen molar-refractivity contribution in [2.75, 3.05) is 10.6 Å². The third-order valence-electron chi connectivity index (χ3n) is 3.08. The maximum atomic E-state index is 13.6. The second kappa shape index (κ2) is 6.97. The van der Waals surface area contributed by atoms with Gasteiger partial charge in [0.2, 0.25) is 5.95 Å². The van der Waals surface area contributed by atoms with Gasteiger partial charge in [-0.05, 0) is 30.4 Å². The average molecular weight is 327 g/mol. The van der Waals surface area contributed by atoms with Crippen molar-refractivity contribution in [2.45, 2.75) is 6.54 Å². The predicted octanol–water partition coefficient (Wildman–Crippen LogP) is 3.27. The molecule has 2 aromatic carbocycles. The summed E-state index contributed by atoms with van der Waals surface area (Å²) in [6.45, 7) is 0.306. The minimum Gasteiger partial charge on any atom is -0.332 e. The van der Waals surface area contributed by atoms with Gasteiger partial charge in [0.25, 0.3) is 0 Å². The van der Waals surface area contributed by atoms with Gasteiger partial charge >= 0.3 is 0 Å². The van der Waals surface area contributed by atoms with Crippen LogP contribution in [0.1, 0.15) is 5.56 Å². The quantitative estimate of drug-likeness (QED) is 0.720. The molecule has 23 heavy (non-hydrogen) atoms. The van der Waals surface area contributed by atoms with Gasteiger partial charge in [0.1, 0.15) is 12.1 Å². The van der Waals surface area contributed by atoms with Crippen LogP contribution in [0.25, 0.3) is 0 Å². The van der Waals surface area contributed by atoms with E-state index in [0.29, 0.717) is 23.2 Å². The lowest BCUT2D eigenvalue weighted by Gasteiger charge is -2.07. The van der Waals surface area contributed by atoms with E-state index in [1.807, 2.05) is 30.3 Å². The Morgan fingerprint density at radius 2 is 1.78 bits per heavy atom. The zero-order chi connectivity index (χ0) is 16.1. The Morgan fingerprint density at radius 3 is 2.57 bits per heavy atom. The lowest BCUT2D eigenvalue weighted by molar-refractivity contribution is 0.585. The van der Waals surface area contributed by atoms with Crippen molar-refractivity contribution in [2.24, 2.45) is 0 Å². The molecule has 0 aliphatic rings. The van der Waals surface area contributed by atoms with Crippen LogP contribution in [0, 0.1) is 5.82 Å². The van der Waals surface area contributed by atoms with E-state index in [-0.39, 0.29) is 5.82 Å². The molecule has 0 unspecified atom stereocenters. The number of nitrogens with zero attached hydrogens (tertiary/aromatic N) is 3. The molecule has 0 amide bonds. The molecule has 2 N–H and O–H groups in total. The zero-order valence-electron chi connectivity index (χ0n) is 12.1. The molecular formula is C16H14FN5S. The maximum absolute atomic E-state index is 13.6. The van der Waals surface area contributed by atoms with Gasteiger partial charge in [-0.2, -0.15) is 0 Å². The number of anilines is 2. The van der Waals surface area contributed by atoms with Crippen LogP contribution in [-0.4, -0.2) is 19.9 Å². The molecule has 7 heteroatoms. The topological polar surface area (TPSA) is 54.8 Å². The second-order valence-corrected chi connectivity index (χ2v) is 5.21. The summed E-state index contributed by atoms with van der Waals surface area (Å²) >= 11 is 5.21. The van der Waals surface area contributed by atoms with Crippen LogP contribution in [0.4, 0.5) is 16.0 Å². The molecule has 0 atom stereocenters. The average Bonchev–Trinajstić information content (AvgIpc) is 2.97. The zero-order valence-corrected chi connectivity index (χ0v) is 12.9. The Bertz CT molecular complexity index is 803. The van der Waals surface area contributed by atoms with Crippen molar-refractivity contribution in [1.29, 1.82) is 0 Å². The van der Waals surface area contributed by atoms with Gasteiger partial charge in [-0.15, -0.1) is 5.10 Å². The van der Waals surface area contributed by atoms with E-state index < -0.39 is 0 Å². The van der Waals surface area contributed by atoms with Gasteiger partial charge in [-0.3, -0.25) is 5.32 Å². The van der Waals surface area contributed by atoms with Crippen LogP contribution >= 0.6 is 12.2 Å². The highest BCUT2D eigenvalue weighted by Gasteiger charge is 2.06. The molecule has 1 aromatic heterocycles. The Morgan fingerprint density at radius 1 is 1.04 bits per heavy atom. The smallest absolute Gasteiger partial charge is 0.248 e. The number of aromatic nitrogens is 3. The molecular weight excluding hydrogens is 313 g/mol. The first-order valence-electron chi connectivity index (χ1n) is 6.96. The van der Waals surface area contributed by atoms with Crippen LogP contribution in [-0.2, 0) is 6.54 Å². The van der Waals surface area contributed by atoms with Crippen molar-refractivity contribution in [3.8, 4) is 0 Å². The second-order valence-electron chi connectivity index (χ2n) is 4.80. The van der Waals surface area contributed by atoms with E-state index in [1.54, 1.807) is 22.9 Å². The molecule has 0 fully saturated rings. The highest BCUT2D eigenvalue weighted by atomic mass is 32.1. The molecule has 0 spiro atoms. The molecule has 0 aliphatic heterocycles. The molecule has 3 aromatic rings. The van der Waals surface area contributed by atoms with Crippen LogP contribution < -0.4 is 10.6 Å². The van der Waals surface area contributed by atoms with E-state index in [0.717, 1.165) is 5.69 Å². The number of nitrogens with one attached hydrogen (secondary N) is 2. The first kappa shape index (κ1) is 15.1. The first-order chi connectivity index (χ1) is 11.2. The monoisotopic (exact) mass is 327 g/mol. The minimum atomic E-state index is -0.265. The summed E-state index contributed by atoms with van der Waals surface area (Å²) in [7, 11) is 0. The fraction of sp³-hybridized carbons (Fsp3) is 0.0625. The number of para-hydroxylation sites is 1. The van der Waals surface area contributed by atoms with Crippen molar-refractivity contribution in [3.63, 3.8) is 0 Å². The standard InChI is InChI=1S/C16H14FN5S/c17-14-9-5-4-6-12(14)10-22-11-18-15(21-22)20-16(23)19-13-7-2-1-3-8-13/h1-9,11H,10H2,(H2,19,20,21,23). The molecule has 0 aliphatic carbocycles. The molecule has 0 radical (unpaired) electrons. The molecule has 0 saturated carbocycles. The molecule has 0 saturated heterocycles. The van der Waals surface area contributed by atoms with Crippen LogP contribution in [0.3, 0.4) is 0 Å². The summed E-state index contributed by atoms with van der Waals surface area (Å²) in [4.78, 5) is 4.11. The van der Waals surface area contributed by atoms with Crippen molar-refractivity contribution in [3.05, 3.63) is 72.3 Å². The number of rotatable bonds is 4. The molecule has 116 valence electrons. The summed E-state index contributed by atoms with van der Waals surface area (Å²) in [5, 5.41) is 10.5. The number of hydrogen-bond acceptors (Lipinski definition) is 3. The normalized spacial score (nSPS) is 10.3. The highest BCUT2D eigenvalue weighted by Crippen LogP contribution is 2.09. The lowest BCUT2D eigenvalue weighted by atomic mass is 10.2. The Labute approximate surface area is 138 Å². The number of benzene rings is 2. The van der Waals surface area contributed by atoms with E-state index in [4.69, 9.17) is 12.2 Å². The van der Waals surface area contributed by atoms with Crippen molar-refractivity contribution < 1.29 is 4.39 Å². The minimum absolute atomic E-state index is 0.265.